The number of hydrogen-bond donors (Lipinski definition) is 1. The summed E-state index contributed by atoms with van der Waals surface area (Å²) in [6, 6.07) is 11.6. The van der Waals surface area contributed by atoms with Gasteiger partial charge in [-0.1, -0.05) is 25.1 Å². The first kappa shape index (κ1) is 15.4. The van der Waals surface area contributed by atoms with Crippen molar-refractivity contribution in [2.24, 2.45) is 0 Å². The van der Waals surface area contributed by atoms with Crippen molar-refractivity contribution >= 4 is 11.8 Å². The van der Waals surface area contributed by atoms with Crippen LogP contribution in [0.4, 0.5) is 0 Å². The minimum absolute atomic E-state index is 0.298. The molecule has 1 aromatic rings. The second-order valence-electron chi connectivity index (χ2n) is 5.68. The predicted molar refractivity (Wildman–Crippen MR) is 85.9 cm³/mol. The lowest BCUT2D eigenvalue weighted by molar-refractivity contribution is 0.367. The molecule has 1 aromatic carbocycles. The predicted octanol–water partition coefficient (Wildman–Crippen LogP) is 4.29. The molecule has 2 nitrogen and oxygen atoms in total. The average Bonchev–Trinajstić information content (AvgIpc) is 3.28. The Balaban J connectivity index is 1.79. The van der Waals surface area contributed by atoms with Crippen LogP contribution in [0.25, 0.3) is 0 Å². The molecule has 2 rings (SSSR count). The van der Waals surface area contributed by atoms with E-state index in [-0.39, 0.29) is 5.54 Å². The molecule has 0 heterocycles. The van der Waals surface area contributed by atoms with E-state index < -0.39 is 0 Å². The van der Waals surface area contributed by atoms with Gasteiger partial charge in [-0.05, 0) is 56.4 Å². The minimum Gasteiger partial charge on any atom is -0.297 e. The monoisotopic (exact) mass is 288 g/mol. The van der Waals surface area contributed by atoms with E-state index in [0.29, 0.717) is 6.04 Å². The van der Waals surface area contributed by atoms with E-state index in [1.807, 2.05) is 11.8 Å². The number of benzene rings is 1. The molecule has 1 aliphatic rings. The molecule has 20 heavy (non-hydrogen) atoms. The lowest BCUT2D eigenvalue weighted by Gasteiger charge is -2.26. The fourth-order valence-electron chi connectivity index (χ4n) is 2.41. The lowest BCUT2D eigenvalue weighted by atomic mass is 9.92. The van der Waals surface area contributed by atoms with Gasteiger partial charge in [0.15, 0.2) is 0 Å². The molecule has 108 valence electrons. The molecule has 0 aliphatic heterocycles. The van der Waals surface area contributed by atoms with Crippen molar-refractivity contribution < 1.29 is 0 Å². The van der Waals surface area contributed by atoms with E-state index in [2.05, 4.69) is 49.5 Å². The highest BCUT2D eigenvalue weighted by Gasteiger charge is 2.34. The summed E-state index contributed by atoms with van der Waals surface area (Å²) >= 11 is 1.91. The zero-order valence-electron chi connectivity index (χ0n) is 12.5. The highest BCUT2D eigenvalue weighted by molar-refractivity contribution is 7.99. The molecule has 0 radical (unpaired) electrons. The SMILES string of the molecule is CCC(C#N)(CCCSc1ccccc1C)NC1CC1. The molecular formula is C17H24N2S. The zero-order chi connectivity index (χ0) is 14.4. The van der Waals surface area contributed by atoms with E-state index in [0.717, 1.165) is 25.0 Å². The summed E-state index contributed by atoms with van der Waals surface area (Å²) in [5.41, 5.74) is 1.05. The van der Waals surface area contributed by atoms with Gasteiger partial charge in [0.25, 0.3) is 0 Å². The van der Waals surface area contributed by atoms with Crippen LogP contribution >= 0.6 is 11.8 Å². The summed E-state index contributed by atoms with van der Waals surface area (Å²) < 4.78 is 0. The van der Waals surface area contributed by atoms with Gasteiger partial charge in [-0.3, -0.25) is 5.32 Å². The average molecular weight is 288 g/mol. The Bertz CT molecular complexity index is 476. The van der Waals surface area contributed by atoms with Gasteiger partial charge in [0, 0.05) is 10.9 Å². The summed E-state index contributed by atoms with van der Waals surface area (Å²) in [6.07, 6.45) is 5.41. The molecule has 0 bridgehead atoms. The van der Waals surface area contributed by atoms with Crippen molar-refractivity contribution in [2.75, 3.05) is 5.75 Å². The topological polar surface area (TPSA) is 35.8 Å². The van der Waals surface area contributed by atoms with E-state index in [4.69, 9.17) is 0 Å². The molecule has 1 saturated carbocycles. The Kier molecular flexibility index (Phi) is 5.51. The molecule has 1 atom stereocenters. The van der Waals surface area contributed by atoms with Crippen molar-refractivity contribution in [3.05, 3.63) is 29.8 Å². The maximum atomic E-state index is 9.49. The molecule has 1 unspecified atom stereocenters. The lowest BCUT2D eigenvalue weighted by Crippen LogP contribution is -2.44. The van der Waals surface area contributed by atoms with E-state index in [1.165, 1.54) is 23.3 Å². The Morgan fingerprint density at radius 3 is 2.75 bits per heavy atom. The molecule has 0 aromatic heterocycles. The Morgan fingerprint density at radius 1 is 1.40 bits per heavy atom. The van der Waals surface area contributed by atoms with Gasteiger partial charge in [0.05, 0.1) is 6.07 Å². The second-order valence-corrected chi connectivity index (χ2v) is 6.82. The number of nitrogens with zero attached hydrogens (tertiary/aromatic N) is 1. The van der Waals surface area contributed by atoms with Gasteiger partial charge in [-0.2, -0.15) is 5.26 Å². The van der Waals surface area contributed by atoms with Crippen LogP contribution in [-0.4, -0.2) is 17.3 Å². The smallest absolute Gasteiger partial charge is 0.106 e. The molecule has 3 heteroatoms. The third-order valence-corrected chi connectivity index (χ3v) is 5.24. The third-order valence-electron chi connectivity index (χ3n) is 3.97. The highest BCUT2D eigenvalue weighted by atomic mass is 32.2. The molecule has 1 aliphatic carbocycles. The van der Waals surface area contributed by atoms with Gasteiger partial charge in [-0.15, -0.1) is 11.8 Å². The number of aryl methyl sites for hydroxylation is 1. The number of nitriles is 1. The van der Waals surface area contributed by atoms with Crippen LogP contribution in [0.2, 0.25) is 0 Å². The zero-order valence-corrected chi connectivity index (χ0v) is 13.3. The normalized spacial score (nSPS) is 17.4. The fraction of sp³-hybridized carbons (Fsp3) is 0.588. The highest BCUT2D eigenvalue weighted by Crippen LogP contribution is 2.28. The van der Waals surface area contributed by atoms with Crippen LogP contribution < -0.4 is 5.32 Å². The van der Waals surface area contributed by atoms with Crippen LogP contribution in [0.1, 0.15) is 44.6 Å². The summed E-state index contributed by atoms with van der Waals surface area (Å²) in [5.74, 6) is 1.08. The standard InChI is InChI=1S/C17H24N2S/c1-3-17(13-18,19-15-9-10-15)11-6-12-20-16-8-5-4-7-14(16)2/h4-5,7-8,15,19H,3,6,9-12H2,1-2H3. The molecule has 0 amide bonds. The Labute approximate surface area is 127 Å². The number of hydrogen-bond acceptors (Lipinski definition) is 3. The van der Waals surface area contributed by atoms with Crippen LogP contribution in [-0.2, 0) is 0 Å². The maximum absolute atomic E-state index is 9.49. The van der Waals surface area contributed by atoms with Crippen molar-refractivity contribution in [1.29, 1.82) is 5.26 Å². The first-order valence-electron chi connectivity index (χ1n) is 7.56. The van der Waals surface area contributed by atoms with Crippen molar-refractivity contribution in [2.45, 2.75) is 62.4 Å². The number of nitrogens with one attached hydrogen (secondary N) is 1. The Morgan fingerprint density at radius 2 is 2.15 bits per heavy atom. The van der Waals surface area contributed by atoms with Crippen LogP contribution in [0.3, 0.4) is 0 Å². The number of thioether (sulfide) groups is 1. The van der Waals surface area contributed by atoms with Crippen molar-refractivity contribution in [3.8, 4) is 6.07 Å². The molecule has 1 fully saturated rings. The number of rotatable bonds is 8. The Hall–Kier alpha value is -0.980. The van der Waals surface area contributed by atoms with Gasteiger partial charge in [-0.25, -0.2) is 0 Å². The van der Waals surface area contributed by atoms with Gasteiger partial charge < -0.3 is 0 Å². The molecular weight excluding hydrogens is 264 g/mol. The van der Waals surface area contributed by atoms with Crippen molar-refractivity contribution in [3.63, 3.8) is 0 Å². The molecule has 0 spiro atoms. The van der Waals surface area contributed by atoms with Gasteiger partial charge in [0.2, 0.25) is 0 Å². The van der Waals surface area contributed by atoms with Crippen LogP contribution in [0.15, 0.2) is 29.2 Å². The second kappa shape index (κ2) is 7.15. The van der Waals surface area contributed by atoms with Gasteiger partial charge >= 0.3 is 0 Å². The first-order chi connectivity index (χ1) is 9.69. The summed E-state index contributed by atoms with van der Waals surface area (Å²) in [7, 11) is 0. The van der Waals surface area contributed by atoms with Crippen molar-refractivity contribution in [1.82, 2.24) is 5.32 Å². The first-order valence-corrected chi connectivity index (χ1v) is 8.55. The molecule has 1 N–H and O–H groups in total. The van der Waals surface area contributed by atoms with E-state index in [1.54, 1.807) is 0 Å². The van der Waals surface area contributed by atoms with E-state index >= 15 is 0 Å². The molecule has 0 saturated heterocycles. The summed E-state index contributed by atoms with van der Waals surface area (Å²) in [5, 5.41) is 13.0. The largest absolute Gasteiger partial charge is 0.297 e. The quantitative estimate of drug-likeness (QED) is 0.572. The van der Waals surface area contributed by atoms with Gasteiger partial charge in [0.1, 0.15) is 5.54 Å². The minimum atomic E-state index is -0.298. The summed E-state index contributed by atoms with van der Waals surface area (Å²) in [6.45, 7) is 4.27. The summed E-state index contributed by atoms with van der Waals surface area (Å²) in [4.78, 5) is 1.36. The fourth-order valence-corrected chi connectivity index (χ4v) is 3.39. The maximum Gasteiger partial charge on any atom is 0.106 e. The van der Waals surface area contributed by atoms with Crippen LogP contribution in [0.5, 0.6) is 0 Å². The van der Waals surface area contributed by atoms with E-state index in [9.17, 15) is 5.26 Å². The van der Waals surface area contributed by atoms with Crippen LogP contribution in [0, 0.1) is 18.3 Å². The third kappa shape index (κ3) is 4.26.